The Labute approximate surface area is 159 Å². The van der Waals surface area contributed by atoms with Gasteiger partial charge in [0, 0.05) is 17.0 Å². The maximum Gasteiger partial charge on any atom is 0.236 e. The van der Waals surface area contributed by atoms with Crippen LogP contribution in [0.4, 0.5) is 0 Å². The number of carbonyl (C=O) groups excluding carboxylic acids is 1. The molecule has 1 aliphatic rings. The largest absolute Gasteiger partial charge is 0.497 e. The topological polar surface area (TPSA) is 38.8 Å². The van der Waals surface area contributed by atoms with Crippen LogP contribution in [0.5, 0.6) is 11.5 Å². The maximum atomic E-state index is 13.1. The quantitative estimate of drug-likeness (QED) is 0.699. The van der Waals surface area contributed by atoms with E-state index in [0.717, 1.165) is 41.3 Å². The van der Waals surface area contributed by atoms with E-state index in [-0.39, 0.29) is 17.2 Å². The molecule has 0 aliphatic carbocycles. The van der Waals surface area contributed by atoms with Crippen LogP contribution in [0.1, 0.15) is 31.4 Å². The van der Waals surface area contributed by atoms with Gasteiger partial charge in [0.2, 0.25) is 5.91 Å². The van der Waals surface area contributed by atoms with Gasteiger partial charge in [0.05, 0.1) is 25.5 Å². The summed E-state index contributed by atoms with van der Waals surface area (Å²) in [7, 11) is 3.32. The van der Waals surface area contributed by atoms with E-state index in [0.29, 0.717) is 0 Å². The Morgan fingerprint density at radius 1 is 1.15 bits per heavy atom. The lowest BCUT2D eigenvalue weighted by atomic mass is 10.0. The van der Waals surface area contributed by atoms with E-state index in [1.807, 2.05) is 60.4 Å². The molecular weight excluding hydrogens is 346 g/mol. The zero-order chi connectivity index (χ0) is 18.5. The molecule has 0 bridgehead atoms. The van der Waals surface area contributed by atoms with Crippen molar-refractivity contribution in [1.29, 1.82) is 0 Å². The molecule has 5 heteroatoms. The molecule has 1 aliphatic heterocycles. The van der Waals surface area contributed by atoms with Gasteiger partial charge in [0.15, 0.2) is 0 Å². The van der Waals surface area contributed by atoms with Crippen molar-refractivity contribution < 1.29 is 14.3 Å². The predicted octanol–water partition coefficient (Wildman–Crippen LogP) is 4.55. The van der Waals surface area contributed by atoms with Crippen molar-refractivity contribution in [3.63, 3.8) is 0 Å². The van der Waals surface area contributed by atoms with Gasteiger partial charge in [-0.3, -0.25) is 4.79 Å². The highest BCUT2D eigenvalue weighted by Gasteiger charge is 2.34. The zero-order valence-corrected chi connectivity index (χ0v) is 16.3. The normalized spacial score (nSPS) is 17.8. The van der Waals surface area contributed by atoms with Crippen LogP contribution in [0.25, 0.3) is 0 Å². The first kappa shape index (κ1) is 18.6. The SMILES string of the molecule is COc1ccc(OC)c(C2CCCN2C(=O)C(C)Sc2ccccc2)c1. The summed E-state index contributed by atoms with van der Waals surface area (Å²) in [6.07, 6.45) is 1.94. The fourth-order valence-electron chi connectivity index (χ4n) is 3.44. The number of carbonyl (C=O) groups is 1. The van der Waals surface area contributed by atoms with E-state index < -0.39 is 0 Å². The molecule has 1 saturated heterocycles. The van der Waals surface area contributed by atoms with Crippen LogP contribution < -0.4 is 9.47 Å². The predicted molar refractivity (Wildman–Crippen MR) is 105 cm³/mol. The second kappa shape index (κ2) is 8.49. The fraction of sp³-hybridized carbons (Fsp3) is 0.381. The van der Waals surface area contributed by atoms with Gasteiger partial charge in [-0.05, 0) is 50.1 Å². The molecule has 1 fully saturated rings. The van der Waals surface area contributed by atoms with E-state index in [4.69, 9.17) is 9.47 Å². The van der Waals surface area contributed by atoms with Gasteiger partial charge in [0.25, 0.3) is 0 Å². The first-order valence-corrected chi connectivity index (χ1v) is 9.76. The van der Waals surface area contributed by atoms with Crippen LogP contribution >= 0.6 is 11.8 Å². The highest BCUT2D eigenvalue weighted by atomic mass is 32.2. The third-order valence-corrected chi connectivity index (χ3v) is 5.84. The number of likely N-dealkylation sites (tertiary alicyclic amines) is 1. The molecule has 4 nitrogen and oxygen atoms in total. The summed E-state index contributed by atoms with van der Waals surface area (Å²) in [6, 6.07) is 15.9. The van der Waals surface area contributed by atoms with Crippen LogP contribution in [0, 0.1) is 0 Å². The van der Waals surface area contributed by atoms with Gasteiger partial charge < -0.3 is 14.4 Å². The van der Waals surface area contributed by atoms with E-state index in [9.17, 15) is 4.79 Å². The van der Waals surface area contributed by atoms with Gasteiger partial charge in [-0.25, -0.2) is 0 Å². The van der Waals surface area contributed by atoms with E-state index >= 15 is 0 Å². The van der Waals surface area contributed by atoms with Crippen LogP contribution in [0.3, 0.4) is 0 Å². The van der Waals surface area contributed by atoms with Gasteiger partial charge in [-0.2, -0.15) is 0 Å². The standard InChI is InChI=1S/C21H25NO3S/c1-15(26-17-8-5-4-6-9-17)21(23)22-13-7-10-19(22)18-14-16(24-2)11-12-20(18)25-3/h4-6,8-9,11-12,14-15,19H,7,10,13H2,1-3H3. The smallest absolute Gasteiger partial charge is 0.236 e. The number of amides is 1. The molecule has 2 atom stereocenters. The highest BCUT2D eigenvalue weighted by Crippen LogP contribution is 2.40. The number of thioether (sulfide) groups is 1. The first-order valence-electron chi connectivity index (χ1n) is 8.88. The van der Waals surface area contributed by atoms with Crippen LogP contribution in [-0.2, 0) is 4.79 Å². The number of benzene rings is 2. The van der Waals surface area contributed by atoms with Crippen molar-refractivity contribution in [1.82, 2.24) is 4.90 Å². The molecule has 0 spiro atoms. The summed E-state index contributed by atoms with van der Waals surface area (Å²) in [4.78, 5) is 16.2. The Kier molecular flexibility index (Phi) is 6.09. The third kappa shape index (κ3) is 3.98. The number of hydrogen-bond donors (Lipinski definition) is 0. The van der Waals surface area contributed by atoms with Crippen molar-refractivity contribution in [3.05, 3.63) is 54.1 Å². The monoisotopic (exact) mass is 371 g/mol. The number of ether oxygens (including phenoxy) is 2. The van der Waals surface area contributed by atoms with Gasteiger partial charge in [-0.1, -0.05) is 18.2 Å². The Morgan fingerprint density at radius 3 is 2.62 bits per heavy atom. The fourth-order valence-corrected chi connectivity index (χ4v) is 4.40. The maximum absolute atomic E-state index is 13.1. The molecule has 2 aromatic carbocycles. The molecule has 1 heterocycles. The average Bonchev–Trinajstić information content (AvgIpc) is 3.17. The van der Waals surface area contributed by atoms with Crippen LogP contribution in [-0.4, -0.2) is 36.8 Å². The molecule has 0 radical (unpaired) electrons. The molecule has 138 valence electrons. The summed E-state index contributed by atoms with van der Waals surface area (Å²) >= 11 is 1.61. The first-order chi connectivity index (χ1) is 12.6. The molecular formula is C21H25NO3S. The molecule has 1 amide bonds. The van der Waals surface area contributed by atoms with Gasteiger partial charge in [-0.15, -0.1) is 11.8 Å². The molecule has 26 heavy (non-hydrogen) atoms. The molecule has 0 N–H and O–H groups in total. The van der Waals surface area contributed by atoms with Gasteiger partial charge in [0.1, 0.15) is 11.5 Å². The summed E-state index contributed by atoms with van der Waals surface area (Å²) in [6.45, 7) is 2.77. The Hall–Kier alpha value is -2.14. The lowest BCUT2D eigenvalue weighted by Gasteiger charge is -2.29. The average molecular weight is 372 g/mol. The molecule has 2 unspecified atom stereocenters. The second-order valence-corrected chi connectivity index (χ2v) is 7.78. The lowest BCUT2D eigenvalue weighted by molar-refractivity contribution is -0.131. The summed E-state index contributed by atoms with van der Waals surface area (Å²) in [5.41, 5.74) is 1.02. The summed E-state index contributed by atoms with van der Waals surface area (Å²) in [5, 5.41) is -0.130. The molecule has 2 aromatic rings. The Morgan fingerprint density at radius 2 is 1.92 bits per heavy atom. The van der Waals surface area contributed by atoms with E-state index in [1.54, 1.807) is 26.0 Å². The molecule has 3 rings (SSSR count). The highest BCUT2D eigenvalue weighted by molar-refractivity contribution is 8.00. The molecule has 0 aromatic heterocycles. The van der Waals surface area contributed by atoms with Crippen molar-refractivity contribution in [2.45, 2.75) is 36.0 Å². The third-order valence-electron chi connectivity index (χ3n) is 4.74. The minimum absolute atomic E-state index is 0.0337. The number of nitrogens with zero attached hydrogens (tertiary/aromatic N) is 1. The number of methoxy groups -OCH3 is 2. The van der Waals surface area contributed by atoms with E-state index in [2.05, 4.69) is 0 Å². The van der Waals surface area contributed by atoms with Crippen LogP contribution in [0.15, 0.2) is 53.4 Å². The summed E-state index contributed by atoms with van der Waals surface area (Å²) in [5.74, 6) is 1.76. The Bertz CT molecular complexity index is 750. The van der Waals surface area contributed by atoms with Crippen molar-refractivity contribution in [2.75, 3.05) is 20.8 Å². The van der Waals surface area contributed by atoms with Crippen LogP contribution in [0.2, 0.25) is 0 Å². The summed E-state index contributed by atoms with van der Waals surface area (Å²) < 4.78 is 10.9. The van der Waals surface area contributed by atoms with Crippen molar-refractivity contribution >= 4 is 17.7 Å². The molecule has 0 saturated carbocycles. The minimum Gasteiger partial charge on any atom is -0.497 e. The minimum atomic E-state index is -0.130. The second-order valence-electron chi connectivity index (χ2n) is 6.37. The van der Waals surface area contributed by atoms with Crippen molar-refractivity contribution in [2.24, 2.45) is 0 Å². The zero-order valence-electron chi connectivity index (χ0n) is 15.5. The lowest BCUT2D eigenvalue weighted by Crippen LogP contribution is -2.36. The van der Waals surface area contributed by atoms with E-state index in [1.165, 1.54) is 0 Å². The van der Waals surface area contributed by atoms with Gasteiger partial charge >= 0.3 is 0 Å². The van der Waals surface area contributed by atoms with Crippen molar-refractivity contribution in [3.8, 4) is 11.5 Å². The number of hydrogen-bond acceptors (Lipinski definition) is 4. The Balaban J connectivity index is 1.80. The number of rotatable bonds is 6.